The number of carboxylic acid groups (broad SMARTS) is 1. The first-order valence-electron chi connectivity index (χ1n) is 3.93. The number of hydrogen-bond donors (Lipinski definition) is 2. The Kier molecular flexibility index (Phi) is 1.98. The predicted molar refractivity (Wildman–Crippen MR) is 48.8 cm³/mol. The van der Waals surface area contributed by atoms with E-state index in [0.29, 0.717) is 5.02 Å². The van der Waals surface area contributed by atoms with E-state index < -0.39 is 12.0 Å². The lowest BCUT2D eigenvalue weighted by molar-refractivity contribution is -0.136. The van der Waals surface area contributed by atoms with Crippen molar-refractivity contribution < 1.29 is 9.90 Å². The van der Waals surface area contributed by atoms with E-state index in [2.05, 4.69) is 5.32 Å². The van der Waals surface area contributed by atoms with Crippen molar-refractivity contribution >= 4 is 17.6 Å². The van der Waals surface area contributed by atoms with E-state index in [1.807, 2.05) is 18.2 Å². The molecule has 0 unspecified atom stereocenters. The molecule has 2 N–H and O–H groups in total. The molecule has 1 aliphatic heterocycles. The van der Waals surface area contributed by atoms with Gasteiger partial charge in [-0.3, -0.25) is 10.1 Å². The zero-order valence-electron chi connectivity index (χ0n) is 6.70. The minimum Gasteiger partial charge on any atom is -0.480 e. The van der Waals surface area contributed by atoms with Crippen molar-refractivity contribution in [1.82, 2.24) is 5.32 Å². The van der Waals surface area contributed by atoms with Crippen molar-refractivity contribution in [1.29, 1.82) is 0 Å². The second-order valence-corrected chi connectivity index (χ2v) is 3.39. The lowest BCUT2D eigenvalue weighted by atomic mass is 10.1. The molecule has 0 spiro atoms. The highest BCUT2D eigenvalue weighted by Gasteiger charge is 2.44. The second-order valence-electron chi connectivity index (χ2n) is 2.98. The van der Waals surface area contributed by atoms with E-state index in [0.717, 1.165) is 5.56 Å². The summed E-state index contributed by atoms with van der Waals surface area (Å²) in [5.41, 5.74) is 0.858. The summed E-state index contributed by atoms with van der Waals surface area (Å²) in [7, 11) is 0. The zero-order valence-corrected chi connectivity index (χ0v) is 7.45. The van der Waals surface area contributed by atoms with Crippen LogP contribution >= 0.6 is 11.6 Å². The molecule has 13 heavy (non-hydrogen) atoms. The van der Waals surface area contributed by atoms with Gasteiger partial charge in [0.25, 0.3) is 0 Å². The van der Waals surface area contributed by atoms with Gasteiger partial charge in [0, 0.05) is 5.02 Å². The lowest BCUT2D eigenvalue weighted by Crippen LogP contribution is -2.07. The van der Waals surface area contributed by atoms with Gasteiger partial charge in [0.2, 0.25) is 0 Å². The molecule has 68 valence electrons. The van der Waals surface area contributed by atoms with Crippen molar-refractivity contribution in [2.24, 2.45) is 0 Å². The van der Waals surface area contributed by atoms with E-state index in [1.54, 1.807) is 6.07 Å². The Labute approximate surface area is 80.3 Å². The first-order valence-corrected chi connectivity index (χ1v) is 4.31. The summed E-state index contributed by atoms with van der Waals surface area (Å²) >= 11 is 5.90. The fourth-order valence-electron chi connectivity index (χ4n) is 1.35. The Hall–Kier alpha value is -1.06. The molecule has 0 amide bonds. The van der Waals surface area contributed by atoms with E-state index in [4.69, 9.17) is 16.7 Å². The third-order valence-corrected chi connectivity index (χ3v) is 2.43. The molecule has 0 aliphatic carbocycles. The maximum Gasteiger partial charge on any atom is 0.322 e. The molecule has 1 saturated heterocycles. The van der Waals surface area contributed by atoms with Crippen LogP contribution in [0.25, 0.3) is 0 Å². The van der Waals surface area contributed by atoms with Crippen LogP contribution in [0.15, 0.2) is 24.3 Å². The monoisotopic (exact) mass is 197 g/mol. The van der Waals surface area contributed by atoms with Crippen molar-refractivity contribution in [2.45, 2.75) is 12.1 Å². The van der Waals surface area contributed by atoms with Gasteiger partial charge in [0.05, 0.1) is 6.04 Å². The number of halogens is 1. The van der Waals surface area contributed by atoms with Crippen LogP contribution in [0.3, 0.4) is 0 Å². The average molecular weight is 198 g/mol. The first kappa shape index (κ1) is 8.53. The zero-order chi connectivity index (χ0) is 9.42. The number of benzene rings is 1. The number of aliphatic carboxylic acids is 1. The molecule has 0 radical (unpaired) electrons. The van der Waals surface area contributed by atoms with Gasteiger partial charge in [-0.1, -0.05) is 29.8 Å². The van der Waals surface area contributed by atoms with Crippen LogP contribution in [-0.4, -0.2) is 17.1 Å². The molecule has 4 heteroatoms. The quantitative estimate of drug-likeness (QED) is 0.706. The molecule has 0 bridgehead atoms. The molecule has 1 heterocycles. The second kappa shape index (κ2) is 3.01. The molecular formula is C9H8ClNO2. The molecule has 1 aliphatic rings. The van der Waals surface area contributed by atoms with E-state index in [9.17, 15) is 4.79 Å². The van der Waals surface area contributed by atoms with Gasteiger partial charge in [-0.25, -0.2) is 0 Å². The van der Waals surface area contributed by atoms with Gasteiger partial charge < -0.3 is 5.11 Å². The summed E-state index contributed by atoms with van der Waals surface area (Å²) in [4.78, 5) is 10.6. The summed E-state index contributed by atoms with van der Waals surface area (Å²) in [5.74, 6) is -0.829. The molecule has 0 saturated carbocycles. The Morgan fingerprint density at radius 2 is 2.15 bits per heavy atom. The molecule has 1 aromatic carbocycles. The maximum atomic E-state index is 10.6. The summed E-state index contributed by atoms with van der Waals surface area (Å²) in [6.07, 6.45) is 0. The van der Waals surface area contributed by atoms with Crippen LogP contribution in [0, 0.1) is 0 Å². The fraction of sp³-hybridized carbons (Fsp3) is 0.222. The number of nitrogens with one attached hydrogen (secondary N) is 1. The molecule has 1 fully saturated rings. The van der Waals surface area contributed by atoms with Crippen LogP contribution in [0.4, 0.5) is 0 Å². The van der Waals surface area contributed by atoms with Gasteiger partial charge in [0.1, 0.15) is 6.04 Å². The van der Waals surface area contributed by atoms with E-state index in [1.165, 1.54) is 0 Å². The lowest BCUT2D eigenvalue weighted by Gasteiger charge is -1.98. The third-order valence-electron chi connectivity index (χ3n) is 2.09. The summed E-state index contributed by atoms with van der Waals surface area (Å²) in [6, 6.07) is 6.68. The van der Waals surface area contributed by atoms with E-state index in [-0.39, 0.29) is 6.04 Å². The number of carbonyl (C=O) groups is 1. The number of hydrogen-bond acceptors (Lipinski definition) is 2. The first-order chi connectivity index (χ1) is 6.20. The number of carboxylic acids is 1. The maximum absolute atomic E-state index is 10.6. The SMILES string of the molecule is O=C(O)[C@H]1N[C@H]1c1ccccc1Cl. The topological polar surface area (TPSA) is 59.2 Å². The van der Waals surface area contributed by atoms with Crippen LogP contribution in [0.2, 0.25) is 5.02 Å². The normalized spacial score (nSPS) is 25.6. The van der Waals surface area contributed by atoms with Crippen molar-refractivity contribution in [2.75, 3.05) is 0 Å². The summed E-state index contributed by atoms with van der Waals surface area (Å²) < 4.78 is 0. The van der Waals surface area contributed by atoms with Crippen molar-refractivity contribution in [3.05, 3.63) is 34.9 Å². The predicted octanol–water partition coefficient (Wildman–Crippen LogP) is 1.44. The van der Waals surface area contributed by atoms with Crippen molar-refractivity contribution in [3.63, 3.8) is 0 Å². The highest BCUT2D eigenvalue weighted by molar-refractivity contribution is 6.31. The Balaban J connectivity index is 2.21. The molecular weight excluding hydrogens is 190 g/mol. The molecule has 2 atom stereocenters. The van der Waals surface area contributed by atoms with Crippen LogP contribution in [0.1, 0.15) is 11.6 Å². The Bertz CT molecular complexity index is 353. The number of rotatable bonds is 2. The molecule has 2 rings (SSSR count). The molecule has 3 nitrogen and oxygen atoms in total. The third kappa shape index (κ3) is 1.53. The molecule has 1 aromatic rings. The molecule has 0 aromatic heterocycles. The largest absolute Gasteiger partial charge is 0.480 e. The van der Waals surface area contributed by atoms with Crippen LogP contribution in [-0.2, 0) is 4.79 Å². The highest BCUT2D eigenvalue weighted by atomic mass is 35.5. The Morgan fingerprint density at radius 1 is 1.46 bits per heavy atom. The highest BCUT2D eigenvalue weighted by Crippen LogP contribution is 2.34. The van der Waals surface area contributed by atoms with Gasteiger partial charge >= 0.3 is 5.97 Å². The Morgan fingerprint density at radius 3 is 2.69 bits per heavy atom. The van der Waals surface area contributed by atoms with Gasteiger partial charge in [-0.2, -0.15) is 0 Å². The van der Waals surface area contributed by atoms with Crippen molar-refractivity contribution in [3.8, 4) is 0 Å². The van der Waals surface area contributed by atoms with Gasteiger partial charge in [-0.05, 0) is 11.6 Å². The van der Waals surface area contributed by atoms with Crippen LogP contribution in [0.5, 0.6) is 0 Å². The summed E-state index contributed by atoms with van der Waals surface area (Å²) in [6.45, 7) is 0. The van der Waals surface area contributed by atoms with Gasteiger partial charge in [-0.15, -0.1) is 0 Å². The minimum atomic E-state index is -0.829. The van der Waals surface area contributed by atoms with E-state index >= 15 is 0 Å². The fourth-order valence-corrected chi connectivity index (χ4v) is 1.60. The minimum absolute atomic E-state index is 0.119. The average Bonchev–Trinajstić information content (AvgIpc) is 2.84. The van der Waals surface area contributed by atoms with Crippen LogP contribution < -0.4 is 5.32 Å². The standard InChI is InChI=1S/C9H8ClNO2/c10-6-4-2-1-3-5(6)7-8(11-7)9(12)13/h1-4,7-8,11H,(H,12,13)/t7-,8-/m0/s1. The van der Waals surface area contributed by atoms with Gasteiger partial charge in [0.15, 0.2) is 0 Å². The summed E-state index contributed by atoms with van der Waals surface area (Å²) in [5, 5.41) is 12.1. The smallest absolute Gasteiger partial charge is 0.322 e.